The van der Waals surface area contributed by atoms with Gasteiger partial charge in [0.05, 0.1) is 18.7 Å². The van der Waals surface area contributed by atoms with Crippen LogP contribution in [0.5, 0.6) is 11.5 Å². The van der Waals surface area contributed by atoms with Crippen LogP contribution in [0.1, 0.15) is 38.5 Å². The lowest BCUT2D eigenvalue weighted by Gasteiger charge is -2.10. The smallest absolute Gasteiger partial charge is 0.353 e. The molecule has 3 aromatic heterocycles. The number of carbonyl (C=O) groups excluding carboxylic acids is 1. The molecular weight excluding hydrogens is 446 g/mol. The highest BCUT2D eigenvalue weighted by Crippen LogP contribution is 2.33. The first-order chi connectivity index (χ1) is 15.6. The van der Waals surface area contributed by atoms with E-state index in [1.165, 1.54) is 34.3 Å². The molecule has 7 nitrogen and oxygen atoms in total. The summed E-state index contributed by atoms with van der Waals surface area (Å²) >= 11 is 2.92. The fourth-order valence-corrected chi connectivity index (χ4v) is 5.56. The third kappa shape index (κ3) is 3.85. The molecule has 0 saturated heterocycles. The Morgan fingerprint density at radius 2 is 2.09 bits per heavy atom. The lowest BCUT2D eigenvalue weighted by atomic mass is 9.97. The second kappa shape index (κ2) is 8.68. The van der Waals surface area contributed by atoms with Crippen molar-refractivity contribution in [2.45, 2.75) is 25.7 Å². The molecule has 0 atom stereocenters. The van der Waals surface area contributed by atoms with Crippen LogP contribution < -0.4 is 15.0 Å². The van der Waals surface area contributed by atoms with Crippen LogP contribution in [0.4, 0.5) is 0 Å². The van der Waals surface area contributed by atoms with Crippen LogP contribution >= 0.6 is 22.7 Å². The quantitative estimate of drug-likeness (QED) is 0.246. The minimum Gasteiger partial charge on any atom is -0.493 e. The minimum absolute atomic E-state index is 0.154. The number of aryl methyl sites for hydroxylation is 2. The molecule has 1 aliphatic rings. The van der Waals surface area contributed by atoms with Crippen LogP contribution in [0.25, 0.3) is 10.2 Å². The van der Waals surface area contributed by atoms with Crippen LogP contribution in [-0.2, 0) is 12.8 Å². The monoisotopic (exact) mass is 465 g/mol. The number of nitrogens with zero attached hydrogens (tertiary/aromatic N) is 3. The van der Waals surface area contributed by atoms with E-state index in [1.807, 2.05) is 5.38 Å². The van der Waals surface area contributed by atoms with E-state index in [4.69, 9.17) is 9.47 Å². The Morgan fingerprint density at radius 1 is 1.22 bits per heavy atom. The molecule has 0 fully saturated rings. The van der Waals surface area contributed by atoms with Gasteiger partial charge in [-0.3, -0.25) is 4.79 Å². The van der Waals surface area contributed by atoms with E-state index >= 15 is 0 Å². The molecule has 9 heteroatoms. The van der Waals surface area contributed by atoms with Gasteiger partial charge in [0.15, 0.2) is 11.5 Å². The van der Waals surface area contributed by atoms with E-state index in [9.17, 15) is 9.59 Å². The molecule has 0 radical (unpaired) electrons. The predicted octanol–water partition coefficient (Wildman–Crippen LogP) is 4.51. The molecule has 3 heterocycles. The van der Waals surface area contributed by atoms with E-state index in [1.54, 1.807) is 47.9 Å². The molecule has 0 bridgehead atoms. The number of aromatic nitrogens is 2. The number of ether oxygens (including phenoxy) is 2. The molecule has 0 aliphatic heterocycles. The number of thiophene rings is 2. The van der Waals surface area contributed by atoms with Crippen molar-refractivity contribution in [3.05, 3.63) is 73.3 Å². The van der Waals surface area contributed by atoms with E-state index in [0.717, 1.165) is 36.1 Å². The van der Waals surface area contributed by atoms with Crippen molar-refractivity contribution in [1.82, 2.24) is 9.66 Å². The average molecular weight is 466 g/mol. The predicted molar refractivity (Wildman–Crippen MR) is 126 cm³/mol. The molecule has 32 heavy (non-hydrogen) atoms. The molecule has 162 valence electrons. The van der Waals surface area contributed by atoms with Gasteiger partial charge in [-0.15, -0.1) is 22.7 Å². The van der Waals surface area contributed by atoms with Gasteiger partial charge in [-0.05, 0) is 66.5 Å². The third-order valence-corrected chi connectivity index (χ3v) is 7.35. The summed E-state index contributed by atoms with van der Waals surface area (Å²) in [7, 11) is 1.50. The van der Waals surface area contributed by atoms with Gasteiger partial charge in [-0.1, -0.05) is 6.07 Å². The van der Waals surface area contributed by atoms with Gasteiger partial charge in [0, 0.05) is 4.88 Å². The number of methoxy groups -OCH3 is 1. The Kier molecular flexibility index (Phi) is 5.59. The maximum absolute atomic E-state index is 13.0. The zero-order valence-electron chi connectivity index (χ0n) is 17.2. The second-order valence-corrected chi connectivity index (χ2v) is 9.34. The fraction of sp³-hybridized carbons (Fsp3) is 0.217. The normalized spacial score (nSPS) is 13.4. The summed E-state index contributed by atoms with van der Waals surface area (Å²) in [5.74, 6) is 0.268. The Hall–Kier alpha value is -3.30. The Bertz CT molecular complexity index is 1390. The standard InChI is InChI=1S/C23H19N3O4S2/c1-29-17-11-14(8-9-16(17)30-23(28)19-7-4-10-31-19)12-25-26-13-24-21-20(22(26)27)15-5-2-3-6-18(15)32-21/h4,7-13H,2-3,5-6H2,1H3. The van der Waals surface area contributed by atoms with Crippen molar-refractivity contribution in [2.24, 2.45) is 5.10 Å². The zero-order chi connectivity index (χ0) is 22.1. The number of hydrogen-bond acceptors (Lipinski definition) is 8. The van der Waals surface area contributed by atoms with Crippen LogP contribution in [-0.4, -0.2) is 29.0 Å². The molecule has 0 unspecified atom stereocenters. The maximum Gasteiger partial charge on any atom is 0.353 e. The largest absolute Gasteiger partial charge is 0.493 e. The van der Waals surface area contributed by atoms with Gasteiger partial charge in [0.25, 0.3) is 5.56 Å². The summed E-state index contributed by atoms with van der Waals surface area (Å²) in [6, 6.07) is 8.58. The molecule has 0 N–H and O–H groups in total. The summed E-state index contributed by atoms with van der Waals surface area (Å²) in [6.45, 7) is 0. The van der Waals surface area contributed by atoms with Gasteiger partial charge in [-0.25, -0.2) is 9.78 Å². The highest BCUT2D eigenvalue weighted by molar-refractivity contribution is 7.18. The average Bonchev–Trinajstić information content (AvgIpc) is 3.47. The van der Waals surface area contributed by atoms with Crippen LogP contribution in [0.15, 0.2) is 51.9 Å². The Labute approximate surface area is 191 Å². The minimum atomic E-state index is -0.440. The summed E-state index contributed by atoms with van der Waals surface area (Å²) in [4.78, 5) is 32.3. The number of fused-ring (bicyclic) bond motifs is 3. The molecule has 1 aromatic carbocycles. The van der Waals surface area contributed by atoms with Crippen molar-refractivity contribution >= 4 is 45.1 Å². The van der Waals surface area contributed by atoms with Crippen molar-refractivity contribution < 1.29 is 14.3 Å². The van der Waals surface area contributed by atoms with Gasteiger partial charge in [0.1, 0.15) is 16.0 Å². The van der Waals surface area contributed by atoms with E-state index in [-0.39, 0.29) is 5.56 Å². The lowest BCUT2D eigenvalue weighted by Crippen LogP contribution is -2.18. The fourth-order valence-electron chi connectivity index (χ4n) is 3.74. The topological polar surface area (TPSA) is 82.8 Å². The summed E-state index contributed by atoms with van der Waals surface area (Å²) in [5.41, 5.74) is 1.67. The SMILES string of the molecule is COc1cc(C=Nn2cnc3sc4c(c3c2=O)CCCC4)ccc1OC(=O)c1cccs1. The highest BCUT2D eigenvalue weighted by Gasteiger charge is 2.20. The number of carbonyl (C=O) groups is 1. The summed E-state index contributed by atoms with van der Waals surface area (Å²) in [6.07, 6.45) is 7.20. The van der Waals surface area contributed by atoms with E-state index in [2.05, 4.69) is 10.1 Å². The molecule has 0 saturated carbocycles. The molecule has 0 amide bonds. The van der Waals surface area contributed by atoms with Gasteiger partial charge < -0.3 is 9.47 Å². The molecule has 4 aromatic rings. The number of benzene rings is 1. The Balaban J connectivity index is 1.42. The van der Waals surface area contributed by atoms with Crippen molar-refractivity contribution in [2.75, 3.05) is 7.11 Å². The molecule has 0 spiro atoms. The first kappa shape index (κ1) is 20.6. The van der Waals surface area contributed by atoms with Crippen LogP contribution in [0, 0.1) is 0 Å². The first-order valence-corrected chi connectivity index (χ1v) is 11.8. The van der Waals surface area contributed by atoms with Gasteiger partial charge in [-0.2, -0.15) is 9.78 Å². The van der Waals surface area contributed by atoms with Crippen molar-refractivity contribution in [1.29, 1.82) is 0 Å². The zero-order valence-corrected chi connectivity index (χ0v) is 18.9. The van der Waals surface area contributed by atoms with E-state index < -0.39 is 5.97 Å². The van der Waals surface area contributed by atoms with Crippen LogP contribution in [0.2, 0.25) is 0 Å². The van der Waals surface area contributed by atoms with E-state index in [0.29, 0.717) is 27.3 Å². The number of rotatable bonds is 5. The Morgan fingerprint density at radius 3 is 2.91 bits per heavy atom. The second-order valence-electron chi connectivity index (χ2n) is 7.31. The van der Waals surface area contributed by atoms with Gasteiger partial charge >= 0.3 is 5.97 Å². The third-order valence-electron chi connectivity index (χ3n) is 5.30. The van der Waals surface area contributed by atoms with Gasteiger partial charge in [0.2, 0.25) is 0 Å². The molecular formula is C23H19N3O4S2. The van der Waals surface area contributed by atoms with Crippen molar-refractivity contribution in [3.8, 4) is 11.5 Å². The number of hydrogen-bond donors (Lipinski definition) is 0. The lowest BCUT2D eigenvalue weighted by molar-refractivity contribution is 0.0735. The van der Waals surface area contributed by atoms with Crippen LogP contribution in [0.3, 0.4) is 0 Å². The molecule has 1 aliphatic carbocycles. The summed E-state index contributed by atoms with van der Waals surface area (Å²) in [5, 5.41) is 6.83. The summed E-state index contributed by atoms with van der Waals surface area (Å²) < 4.78 is 12.1. The molecule has 5 rings (SSSR count). The maximum atomic E-state index is 13.0. The highest BCUT2D eigenvalue weighted by atomic mass is 32.1. The number of esters is 1. The van der Waals surface area contributed by atoms with Crippen molar-refractivity contribution in [3.63, 3.8) is 0 Å². The first-order valence-electron chi connectivity index (χ1n) is 10.1.